The van der Waals surface area contributed by atoms with Gasteiger partial charge in [-0.15, -0.1) is 5.10 Å². The maximum Gasteiger partial charge on any atom is 0.334 e. The molecule has 2 rings (SSSR count). The zero-order valence-electron chi connectivity index (χ0n) is 12.0. The Morgan fingerprint density at radius 3 is 2.35 bits per heavy atom. The van der Waals surface area contributed by atoms with Crippen LogP contribution in [0.4, 0.5) is 11.5 Å². The molecule has 1 aromatic heterocycles. The molecule has 1 aromatic carbocycles. The first kappa shape index (κ1) is 14.0. The Kier molecular flexibility index (Phi) is 3.48. The smallest absolute Gasteiger partial charge is 0.334 e. The van der Waals surface area contributed by atoms with Crippen LogP contribution in [0.3, 0.4) is 0 Å². The van der Waals surface area contributed by atoms with Crippen molar-refractivity contribution in [1.29, 1.82) is 0 Å². The molecule has 1 heterocycles. The average Bonchev–Trinajstić information content (AvgIpc) is 2.65. The second-order valence-electron chi connectivity index (χ2n) is 5.66. The molecule has 0 atom stereocenters. The van der Waals surface area contributed by atoms with Crippen LogP contribution < -0.4 is 5.32 Å². The minimum absolute atomic E-state index is 0.0174. The van der Waals surface area contributed by atoms with Crippen LogP contribution in [0.25, 0.3) is 5.69 Å². The van der Waals surface area contributed by atoms with Crippen LogP contribution in [0.1, 0.15) is 26.5 Å². The zero-order chi connectivity index (χ0) is 14.9. The van der Waals surface area contributed by atoms with E-state index >= 15 is 0 Å². The number of para-hydroxylation sites is 1. The summed E-state index contributed by atoms with van der Waals surface area (Å²) in [6, 6.07) is 9.37. The van der Waals surface area contributed by atoms with E-state index in [1.54, 1.807) is 11.6 Å². The third kappa shape index (κ3) is 2.79. The van der Waals surface area contributed by atoms with E-state index in [4.69, 9.17) is 0 Å². The maximum atomic E-state index is 11.3. The average molecular weight is 274 g/mol. The first-order valence-electron chi connectivity index (χ1n) is 6.37. The second kappa shape index (κ2) is 4.96. The molecule has 0 radical (unpaired) electrons. The molecule has 6 heteroatoms. The molecule has 0 unspecified atom stereocenters. The fraction of sp³-hybridized carbons (Fsp3) is 0.357. The lowest BCUT2D eigenvalue weighted by Crippen LogP contribution is -2.26. The van der Waals surface area contributed by atoms with E-state index in [9.17, 15) is 10.1 Å². The summed E-state index contributed by atoms with van der Waals surface area (Å²) in [5.41, 5.74) is 1.03. The molecule has 0 fully saturated rings. The van der Waals surface area contributed by atoms with E-state index in [2.05, 4.69) is 10.4 Å². The highest BCUT2D eigenvalue weighted by atomic mass is 16.6. The lowest BCUT2D eigenvalue weighted by molar-refractivity contribution is -0.384. The SMILES string of the molecule is Cc1c([N+](=O)[O-])c(NC(C)(C)C)nn1-c1ccccc1. The van der Waals surface area contributed by atoms with Gasteiger partial charge in [0.15, 0.2) is 0 Å². The van der Waals surface area contributed by atoms with Gasteiger partial charge in [-0.3, -0.25) is 10.1 Å². The number of hydrogen-bond acceptors (Lipinski definition) is 4. The third-order valence-electron chi connectivity index (χ3n) is 2.76. The summed E-state index contributed by atoms with van der Waals surface area (Å²) in [6.07, 6.45) is 0. The number of benzene rings is 1. The number of nitrogens with one attached hydrogen (secondary N) is 1. The Labute approximate surface area is 117 Å². The van der Waals surface area contributed by atoms with Crippen molar-refractivity contribution in [3.05, 3.63) is 46.1 Å². The molecule has 0 saturated carbocycles. The summed E-state index contributed by atoms with van der Waals surface area (Å²) >= 11 is 0. The van der Waals surface area contributed by atoms with Gasteiger partial charge < -0.3 is 5.32 Å². The molecule has 0 amide bonds. The van der Waals surface area contributed by atoms with Crippen molar-refractivity contribution < 1.29 is 4.92 Å². The lowest BCUT2D eigenvalue weighted by Gasteiger charge is -2.19. The van der Waals surface area contributed by atoms with E-state index in [-0.39, 0.29) is 11.2 Å². The fourth-order valence-electron chi connectivity index (χ4n) is 1.97. The molecule has 0 aliphatic heterocycles. The van der Waals surface area contributed by atoms with Crippen LogP contribution in [0.5, 0.6) is 0 Å². The highest BCUT2D eigenvalue weighted by molar-refractivity contribution is 5.61. The Hall–Kier alpha value is -2.37. The van der Waals surface area contributed by atoms with Gasteiger partial charge in [0.2, 0.25) is 5.82 Å². The molecule has 0 aliphatic rings. The summed E-state index contributed by atoms with van der Waals surface area (Å²) < 4.78 is 1.59. The molecule has 0 saturated heterocycles. The minimum Gasteiger partial charge on any atom is -0.358 e. The lowest BCUT2D eigenvalue weighted by atomic mass is 10.1. The van der Waals surface area contributed by atoms with E-state index < -0.39 is 4.92 Å². The minimum atomic E-state index is -0.393. The van der Waals surface area contributed by atoms with Gasteiger partial charge in [0.05, 0.1) is 10.6 Å². The number of nitro groups is 1. The number of nitrogens with zero attached hydrogens (tertiary/aromatic N) is 3. The Morgan fingerprint density at radius 2 is 1.85 bits per heavy atom. The highest BCUT2D eigenvalue weighted by Crippen LogP contribution is 2.31. The van der Waals surface area contributed by atoms with Crippen molar-refractivity contribution in [3.8, 4) is 5.69 Å². The van der Waals surface area contributed by atoms with Gasteiger partial charge in [-0.2, -0.15) is 0 Å². The molecule has 2 aromatic rings. The molecule has 0 spiro atoms. The summed E-state index contributed by atoms with van der Waals surface area (Å²) in [6.45, 7) is 7.51. The van der Waals surface area contributed by atoms with Crippen molar-refractivity contribution in [2.24, 2.45) is 0 Å². The number of hydrogen-bond donors (Lipinski definition) is 1. The number of aromatic nitrogens is 2. The second-order valence-corrected chi connectivity index (χ2v) is 5.66. The van der Waals surface area contributed by atoms with Crippen LogP contribution in [-0.2, 0) is 0 Å². The molecule has 106 valence electrons. The number of rotatable bonds is 3. The summed E-state index contributed by atoms with van der Waals surface area (Å²) in [4.78, 5) is 10.9. The molecular weight excluding hydrogens is 256 g/mol. The van der Waals surface area contributed by atoms with Crippen molar-refractivity contribution in [3.63, 3.8) is 0 Å². The van der Waals surface area contributed by atoms with E-state index in [1.807, 2.05) is 51.1 Å². The van der Waals surface area contributed by atoms with Crippen molar-refractivity contribution >= 4 is 11.5 Å². The van der Waals surface area contributed by atoms with E-state index in [0.29, 0.717) is 11.5 Å². The van der Waals surface area contributed by atoms with Gasteiger partial charge in [0, 0.05) is 5.54 Å². The molecule has 0 bridgehead atoms. The Morgan fingerprint density at radius 1 is 1.25 bits per heavy atom. The van der Waals surface area contributed by atoms with Crippen LogP contribution in [0.15, 0.2) is 30.3 Å². The van der Waals surface area contributed by atoms with Crippen molar-refractivity contribution in [1.82, 2.24) is 9.78 Å². The van der Waals surface area contributed by atoms with Crippen LogP contribution in [0, 0.1) is 17.0 Å². The predicted octanol–water partition coefficient (Wildman–Crippen LogP) is 3.30. The van der Waals surface area contributed by atoms with Crippen LogP contribution in [0.2, 0.25) is 0 Å². The Balaban J connectivity index is 2.56. The molecular formula is C14H18N4O2. The van der Waals surface area contributed by atoms with Crippen molar-refractivity contribution in [2.45, 2.75) is 33.2 Å². The largest absolute Gasteiger partial charge is 0.358 e. The molecule has 20 heavy (non-hydrogen) atoms. The zero-order valence-corrected chi connectivity index (χ0v) is 12.0. The summed E-state index contributed by atoms with van der Waals surface area (Å²) in [5, 5.41) is 18.7. The number of anilines is 1. The molecule has 6 nitrogen and oxygen atoms in total. The first-order valence-corrected chi connectivity index (χ1v) is 6.37. The Bertz CT molecular complexity index is 627. The quantitative estimate of drug-likeness (QED) is 0.688. The fourth-order valence-corrected chi connectivity index (χ4v) is 1.97. The van der Waals surface area contributed by atoms with Crippen LogP contribution >= 0.6 is 0 Å². The van der Waals surface area contributed by atoms with Gasteiger partial charge in [-0.1, -0.05) is 18.2 Å². The third-order valence-corrected chi connectivity index (χ3v) is 2.76. The first-order chi connectivity index (χ1) is 9.29. The highest BCUT2D eigenvalue weighted by Gasteiger charge is 2.28. The summed E-state index contributed by atoms with van der Waals surface area (Å²) in [7, 11) is 0. The molecule has 0 aliphatic carbocycles. The predicted molar refractivity (Wildman–Crippen MR) is 78.3 cm³/mol. The van der Waals surface area contributed by atoms with Gasteiger partial charge in [-0.25, -0.2) is 4.68 Å². The van der Waals surface area contributed by atoms with E-state index in [0.717, 1.165) is 5.69 Å². The monoisotopic (exact) mass is 274 g/mol. The van der Waals surface area contributed by atoms with Gasteiger partial charge in [-0.05, 0) is 39.8 Å². The topological polar surface area (TPSA) is 73.0 Å². The van der Waals surface area contributed by atoms with Crippen molar-refractivity contribution in [2.75, 3.05) is 5.32 Å². The molecule has 1 N–H and O–H groups in total. The van der Waals surface area contributed by atoms with Gasteiger partial charge >= 0.3 is 5.69 Å². The maximum absolute atomic E-state index is 11.3. The normalized spacial score (nSPS) is 11.4. The van der Waals surface area contributed by atoms with E-state index in [1.165, 1.54) is 0 Å². The van der Waals surface area contributed by atoms with Gasteiger partial charge in [0.1, 0.15) is 5.69 Å². The standard InChI is InChI=1S/C14H18N4O2/c1-10-12(18(19)20)13(15-14(2,3)4)16-17(10)11-8-6-5-7-9-11/h5-9H,1-4H3,(H,15,16). The van der Waals surface area contributed by atoms with Crippen LogP contribution in [-0.4, -0.2) is 20.2 Å². The summed E-state index contributed by atoms with van der Waals surface area (Å²) in [5.74, 6) is 0.295. The van der Waals surface area contributed by atoms with Gasteiger partial charge in [0.25, 0.3) is 0 Å².